The highest BCUT2D eigenvalue weighted by Crippen LogP contribution is 2.75. The molecule has 3 aliphatic carbocycles. The molecule has 1 nitrogen and oxygen atoms in total. The summed E-state index contributed by atoms with van der Waals surface area (Å²) < 4.78 is 0. The third-order valence-electron chi connectivity index (χ3n) is 3.94. The van der Waals surface area contributed by atoms with Crippen LogP contribution < -0.4 is 5.73 Å². The van der Waals surface area contributed by atoms with E-state index in [9.17, 15) is 0 Å². The molecule has 3 saturated carbocycles. The maximum absolute atomic E-state index is 5.64. The maximum atomic E-state index is 5.64. The van der Waals surface area contributed by atoms with Crippen molar-refractivity contribution < 1.29 is 0 Å². The number of rotatable bonds is 1. The molecule has 3 fully saturated rings. The van der Waals surface area contributed by atoms with Crippen molar-refractivity contribution >= 4 is 0 Å². The van der Waals surface area contributed by atoms with E-state index in [4.69, 9.17) is 5.73 Å². The molecule has 0 aromatic rings. The molecule has 5 atom stereocenters. The van der Waals surface area contributed by atoms with Gasteiger partial charge in [-0.25, -0.2) is 0 Å². The second-order valence-corrected chi connectivity index (χ2v) is 3.96. The summed E-state index contributed by atoms with van der Waals surface area (Å²) in [4.78, 5) is 0. The molecule has 0 aromatic carbocycles. The van der Waals surface area contributed by atoms with Crippen LogP contribution in [0.15, 0.2) is 0 Å². The van der Waals surface area contributed by atoms with Crippen molar-refractivity contribution in [1.82, 2.24) is 0 Å². The van der Waals surface area contributed by atoms with E-state index in [1.165, 1.54) is 18.8 Å². The fourth-order valence-electron chi connectivity index (χ4n) is 3.57. The fraction of sp³-hybridized carbons (Fsp3) is 1.00. The molecule has 0 aliphatic heterocycles. The Bertz CT molecular complexity index is 151. The van der Waals surface area contributed by atoms with Crippen LogP contribution in [0.1, 0.15) is 12.8 Å². The first-order chi connectivity index (χ1) is 4.43. The summed E-state index contributed by atoms with van der Waals surface area (Å²) in [5, 5.41) is 0. The van der Waals surface area contributed by atoms with Gasteiger partial charge in [-0.3, -0.25) is 0 Å². The Morgan fingerprint density at radius 2 is 1.89 bits per heavy atom. The van der Waals surface area contributed by atoms with Gasteiger partial charge in [0.1, 0.15) is 0 Å². The standard InChI is InChI=1S/C8H13N/c9-3-6-4-1-2-5-7(4)8(5)6/h4-8H,1-3,9H2. The van der Waals surface area contributed by atoms with Gasteiger partial charge >= 0.3 is 0 Å². The van der Waals surface area contributed by atoms with Crippen LogP contribution in [0.2, 0.25) is 0 Å². The van der Waals surface area contributed by atoms with E-state index in [1.807, 2.05) is 0 Å². The molecule has 0 amide bonds. The van der Waals surface area contributed by atoms with Gasteiger partial charge < -0.3 is 5.73 Å². The van der Waals surface area contributed by atoms with Crippen LogP contribution in [0.4, 0.5) is 0 Å². The zero-order valence-corrected chi connectivity index (χ0v) is 5.59. The van der Waals surface area contributed by atoms with Crippen LogP contribution in [0, 0.1) is 29.6 Å². The van der Waals surface area contributed by atoms with E-state index < -0.39 is 0 Å². The second-order valence-electron chi connectivity index (χ2n) is 3.96. The minimum absolute atomic E-state index is 0.966. The van der Waals surface area contributed by atoms with Crippen molar-refractivity contribution in [2.75, 3.05) is 6.54 Å². The topological polar surface area (TPSA) is 26.0 Å². The molecule has 3 rings (SSSR count). The summed E-state index contributed by atoms with van der Waals surface area (Å²) >= 11 is 0. The summed E-state index contributed by atoms with van der Waals surface area (Å²) in [5.41, 5.74) is 5.64. The summed E-state index contributed by atoms with van der Waals surface area (Å²) in [7, 11) is 0. The van der Waals surface area contributed by atoms with Gasteiger partial charge in [0.05, 0.1) is 0 Å². The Labute approximate surface area is 55.6 Å². The van der Waals surface area contributed by atoms with Crippen molar-refractivity contribution in [2.24, 2.45) is 35.3 Å². The molecule has 0 radical (unpaired) electrons. The van der Waals surface area contributed by atoms with Crippen molar-refractivity contribution in [1.29, 1.82) is 0 Å². The molecular weight excluding hydrogens is 110 g/mol. The van der Waals surface area contributed by atoms with Crippen molar-refractivity contribution in [3.05, 3.63) is 0 Å². The van der Waals surface area contributed by atoms with Crippen LogP contribution in [0.25, 0.3) is 0 Å². The quantitative estimate of drug-likeness (QED) is 0.549. The molecule has 2 N–H and O–H groups in total. The summed E-state index contributed by atoms with van der Waals surface area (Å²) in [5.74, 6) is 5.51. The molecule has 0 spiro atoms. The van der Waals surface area contributed by atoms with Gasteiger partial charge in [0.15, 0.2) is 0 Å². The monoisotopic (exact) mass is 123 g/mol. The Morgan fingerprint density at radius 1 is 1.11 bits per heavy atom. The minimum Gasteiger partial charge on any atom is -0.330 e. The third kappa shape index (κ3) is 0.337. The van der Waals surface area contributed by atoms with E-state index in [2.05, 4.69) is 0 Å². The molecule has 3 aliphatic rings. The summed E-state index contributed by atoms with van der Waals surface area (Å²) in [6, 6.07) is 0. The molecule has 0 bridgehead atoms. The minimum atomic E-state index is 0.966. The van der Waals surface area contributed by atoms with Crippen LogP contribution in [0.5, 0.6) is 0 Å². The lowest BCUT2D eigenvalue weighted by atomic mass is 9.71. The molecule has 0 aromatic heterocycles. The first-order valence-corrected chi connectivity index (χ1v) is 4.13. The van der Waals surface area contributed by atoms with E-state index in [-0.39, 0.29) is 0 Å². The maximum Gasteiger partial charge on any atom is -0.00432 e. The van der Waals surface area contributed by atoms with E-state index in [0.717, 1.165) is 30.2 Å². The van der Waals surface area contributed by atoms with Gasteiger partial charge in [-0.1, -0.05) is 0 Å². The van der Waals surface area contributed by atoms with E-state index >= 15 is 0 Å². The highest BCUT2D eigenvalue weighted by molar-refractivity contribution is 5.19. The predicted molar refractivity (Wildman–Crippen MR) is 35.7 cm³/mol. The second kappa shape index (κ2) is 1.20. The average molecular weight is 123 g/mol. The van der Waals surface area contributed by atoms with Crippen LogP contribution >= 0.6 is 0 Å². The van der Waals surface area contributed by atoms with Gasteiger partial charge in [-0.05, 0) is 49.0 Å². The van der Waals surface area contributed by atoms with Crippen LogP contribution in [0.3, 0.4) is 0 Å². The number of hydrogen-bond acceptors (Lipinski definition) is 1. The van der Waals surface area contributed by atoms with Gasteiger partial charge in [-0.15, -0.1) is 0 Å². The molecular formula is C8H13N. The zero-order chi connectivity index (χ0) is 6.01. The summed E-state index contributed by atoms with van der Waals surface area (Å²) in [6.07, 6.45) is 3.05. The Balaban J connectivity index is 1.86. The van der Waals surface area contributed by atoms with Crippen molar-refractivity contribution in [3.8, 4) is 0 Å². The van der Waals surface area contributed by atoms with E-state index in [0.29, 0.717) is 0 Å². The molecule has 0 saturated heterocycles. The lowest BCUT2D eigenvalue weighted by molar-refractivity contribution is 0.145. The van der Waals surface area contributed by atoms with E-state index in [1.54, 1.807) is 0 Å². The number of nitrogens with two attached hydrogens (primary N) is 1. The molecule has 1 heteroatoms. The van der Waals surface area contributed by atoms with Crippen LogP contribution in [-0.2, 0) is 0 Å². The Morgan fingerprint density at radius 3 is 2.22 bits per heavy atom. The lowest BCUT2D eigenvalue weighted by Crippen LogP contribution is -2.35. The normalized spacial score (nSPS) is 67.0. The first-order valence-electron chi connectivity index (χ1n) is 4.13. The van der Waals surface area contributed by atoms with Gasteiger partial charge in [0.25, 0.3) is 0 Å². The van der Waals surface area contributed by atoms with Gasteiger partial charge in [-0.2, -0.15) is 0 Å². The van der Waals surface area contributed by atoms with Crippen LogP contribution in [-0.4, -0.2) is 6.54 Å². The molecule has 9 heavy (non-hydrogen) atoms. The first kappa shape index (κ1) is 4.73. The predicted octanol–water partition coefficient (Wildman–Crippen LogP) is 0.847. The Hall–Kier alpha value is -0.0400. The Kier molecular flexibility index (Phi) is 0.628. The highest BCUT2D eigenvalue weighted by atomic mass is 14.8. The zero-order valence-electron chi connectivity index (χ0n) is 5.59. The molecule has 50 valence electrons. The van der Waals surface area contributed by atoms with Gasteiger partial charge in [0, 0.05) is 0 Å². The smallest absolute Gasteiger partial charge is 0.00432 e. The largest absolute Gasteiger partial charge is 0.330 e. The lowest BCUT2D eigenvalue weighted by Gasteiger charge is -2.35. The van der Waals surface area contributed by atoms with Crippen molar-refractivity contribution in [3.63, 3.8) is 0 Å². The number of hydrogen-bond donors (Lipinski definition) is 1. The highest BCUT2D eigenvalue weighted by Gasteiger charge is 2.71. The summed E-state index contributed by atoms with van der Waals surface area (Å²) in [6.45, 7) is 0.975. The molecule has 5 unspecified atom stereocenters. The van der Waals surface area contributed by atoms with Gasteiger partial charge in [0.2, 0.25) is 0 Å². The fourth-order valence-corrected chi connectivity index (χ4v) is 3.57. The SMILES string of the molecule is NCC1C2CCC3C1C23. The number of fused-ring (bicyclic) bond motifs is 1. The van der Waals surface area contributed by atoms with Crippen molar-refractivity contribution in [2.45, 2.75) is 12.8 Å². The molecule has 0 heterocycles. The third-order valence-corrected chi connectivity index (χ3v) is 3.94. The average Bonchev–Trinajstić information content (AvgIpc) is 2.31.